The summed E-state index contributed by atoms with van der Waals surface area (Å²) in [4.78, 5) is 10.5. The third-order valence-electron chi connectivity index (χ3n) is 3.05. The first-order chi connectivity index (χ1) is 8.66. The first-order valence-corrected chi connectivity index (χ1v) is 7.79. The van der Waals surface area contributed by atoms with Crippen molar-refractivity contribution < 1.29 is 17.8 Å². The van der Waals surface area contributed by atoms with E-state index in [9.17, 15) is 4.79 Å². The van der Waals surface area contributed by atoms with Crippen molar-refractivity contribution in [2.24, 2.45) is 0 Å². The maximum Gasteiger partial charge on any atom is 0.150 e. The van der Waals surface area contributed by atoms with E-state index in [1.165, 1.54) is 5.69 Å². The highest BCUT2D eigenvalue weighted by Gasteiger charge is 2.19. The Kier molecular flexibility index (Phi) is 6.89. The van der Waals surface area contributed by atoms with Crippen molar-refractivity contribution in [2.75, 3.05) is 26.4 Å². The first-order valence-electron chi connectivity index (χ1n) is 5.97. The molecule has 1 rings (SSSR count). The van der Waals surface area contributed by atoms with Gasteiger partial charge >= 0.3 is 0 Å². The predicted octanol–water partition coefficient (Wildman–Crippen LogP) is 1.64. The van der Waals surface area contributed by atoms with Gasteiger partial charge in [0.1, 0.15) is 12.0 Å². The fraction of sp³-hybridized carbons (Fsp3) is 0.462. The van der Waals surface area contributed by atoms with Gasteiger partial charge in [-0.2, -0.15) is 0 Å². The lowest BCUT2D eigenvalue weighted by molar-refractivity contribution is 0.112. The molecule has 1 aromatic carbocycles. The number of hydrogen-bond acceptors (Lipinski definition) is 4. The van der Waals surface area contributed by atoms with Crippen LogP contribution in [0.15, 0.2) is 24.3 Å². The summed E-state index contributed by atoms with van der Waals surface area (Å²) >= 11 is 0. The molecule has 0 aliphatic rings. The lowest BCUT2D eigenvalue weighted by atomic mass is 10.2. The van der Waals surface area contributed by atoms with Crippen LogP contribution in [-0.4, -0.2) is 45.6 Å². The van der Waals surface area contributed by atoms with Crippen molar-refractivity contribution in [2.45, 2.75) is 13.8 Å². The summed E-state index contributed by atoms with van der Waals surface area (Å²) in [6.45, 7) is 6.49. The lowest BCUT2D eigenvalue weighted by Gasteiger charge is -2.31. The summed E-state index contributed by atoms with van der Waals surface area (Å²) in [6, 6.07) is 7.84. The Labute approximate surface area is 115 Å². The van der Waals surface area contributed by atoms with Gasteiger partial charge in [-0.3, -0.25) is 9.28 Å². The SMILES string of the molecule is CC[N+](C)(CC)c1ccc(C=O)cc1.CS(=O)(=O)[O-]. The Morgan fingerprint density at radius 3 is 1.79 bits per heavy atom. The molecular weight excluding hydrogens is 266 g/mol. The smallest absolute Gasteiger partial charge is 0.150 e. The molecule has 0 amide bonds. The average molecular weight is 287 g/mol. The lowest BCUT2D eigenvalue weighted by Crippen LogP contribution is -2.44. The molecule has 0 fully saturated rings. The van der Waals surface area contributed by atoms with Gasteiger partial charge < -0.3 is 4.55 Å². The molecule has 5 nitrogen and oxygen atoms in total. The van der Waals surface area contributed by atoms with Gasteiger partial charge in [0.25, 0.3) is 0 Å². The molecule has 19 heavy (non-hydrogen) atoms. The molecule has 0 saturated carbocycles. The first kappa shape index (κ1) is 17.8. The minimum Gasteiger partial charge on any atom is -0.748 e. The van der Waals surface area contributed by atoms with Gasteiger partial charge in [-0.1, -0.05) is 0 Å². The van der Waals surface area contributed by atoms with E-state index in [4.69, 9.17) is 13.0 Å². The maximum absolute atomic E-state index is 10.5. The van der Waals surface area contributed by atoms with E-state index in [-0.39, 0.29) is 0 Å². The van der Waals surface area contributed by atoms with Crippen LogP contribution in [0.4, 0.5) is 5.69 Å². The zero-order chi connectivity index (χ0) is 15.1. The van der Waals surface area contributed by atoms with Crippen LogP contribution in [0.2, 0.25) is 0 Å². The van der Waals surface area contributed by atoms with Crippen molar-refractivity contribution in [3.63, 3.8) is 0 Å². The number of nitrogens with zero attached hydrogens (tertiary/aromatic N) is 1. The maximum atomic E-state index is 10.5. The van der Waals surface area contributed by atoms with E-state index in [1.54, 1.807) is 0 Å². The third kappa shape index (κ3) is 7.05. The number of rotatable bonds is 4. The highest BCUT2D eigenvalue weighted by molar-refractivity contribution is 7.84. The van der Waals surface area contributed by atoms with Gasteiger partial charge in [-0.05, 0) is 38.1 Å². The molecule has 0 unspecified atom stereocenters. The van der Waals surface area contributed by atoms with Crippen molar-refractivity contribution in [3.05, 3.63) is 29.8 Å². The van der Waals surface area contributed by atoms with Crippen LogP contribution in [0.1, 0.15) is 24.2 Å². The van der Waals surface area contributed by atoms with E-state index in [1.807, 2.05) is 24.3 Å². The Bertz CT molecular complexity index is 482. The Morgan fingerprint density at radius 1 is 1.16 bits per heavy atom. The molecular formula is C13H21NO4S. The van der Waals surface area contributed by atoms with Crippen LogP contribution in [-0.2, 0) is 10.1 Å². The van der Waals surface area contributed by atoms with Crippen LogP contribution in [0.3, 0.4) is 0 Å². The highest BCUT2D eigenvalue weighted by Crippen LogP contribution is 2.20. The molecule has 0 bridgehead atoms. The quantitative estimate of drug-likeness (QED) is 0.479. The van der Waals surface area contributed by atoms with E-state index >= 15 is 0 Å². The number of hydrogen-bond donors (Lipinski definition) is 0. The predicted molar refractivity (Wildman–Crippen MR) is 76.3 cm³/mol. The van der Waals surface area contributed by atoms with Crippen molar-refractivity contribution in [3.8, 4) is 0 Å². The summed E-state index contributed by atoms with van der Waals surface area (Å²) in [5.74, 6) is 0. The van der Waals surface area contributed by atoms with Crippen molar-refractivity contribution in [1.29, 1.82) is 0 Å². The van der Waals surface area contributed by atoms with Gasteiger partial charge in [-0.15, -0.1) is 0 Å². The Balaban J connectivity index is 0.000000555. The summed E-state index contributed by atoms with van der Waals surface area (Å²) in [5, 5.41) is 0. The fourth-order valence-corrected chi connectivity index (χ4v) is 1.50. The number of carbonyl (C=O) groups is 1. The average Bonchev–Trinajstić information content (AvgIpc) is 2.36. The number of aldehydes is 1. The van der Waals surface area contributed by atoms with E-state index in [0.29, 0.717) is 6.26 Å². The molecule has 0 spiro atoms. The Hall–Kier alpha value is -1.24. The molecule has 0 aliphatic carbocycles. The standard InChI is InChI=1S/C12H18NO.CH4O3S/c1-4-13(3,5-2)12-8-6-11(10-14)7-9-12;1-5(2,3)4/h6-10H,4-5H2,1-3H3;1H3,(H,2,3,4)/q+1;/p-1. The van der Waals surface area contributed by atoms with Gasteiger partial charge in [0, 0.05) is 11.8 Å². The second-order valence-corrected chi connectivity index (χ2v) is 5.85. The molecule has 0 aromatic heterocycles. The van der Waals surface area contributed by atoms with Crippen LogP contribution >= 0.6 is 0 Å². The summed E-state index contributed by atoms with van der Waals surface area (Å²) in [6.07, 6.45) is 1.49. The molecule has 0 saturated heterocycles. The highest BCUT2D eigenvalue weighted by atomic mass is 32.2. The Morgan fingerprint density at radius 2 is 1.53 bits per heavy atom. The topological polar surface area (TPSA) is 74.3 Å². The largest absolute Gasteiger partial charge is 0.748 e. The van der Waals surface area contributed by atoms with Crippen molar-refractivity contribution >= 4 is 22.1 Å². The summed E-state index contributed by atoms with van der Waals surface area (Å²) in [5.41, 5.74) is 2.01. The summed E-state index contributed by atoms with van der Waals surface area (Å²) < 4.78 is 28.1. The number of carbonyl (C=O) groups excluding carboxylic acids is 1. The minimum absolute atomic E-state index is 0.604. The second-order valence-electron chi connectivity index (χ2n) is 4.44. The molecule has 0 atom stereocenters. The van der Waals surface area contributed by atoms with Crippen LogP contribution < -0.4 is 4.48 Å². The van der Waals surface area contributed by atoms with E-state index in [2.05, 4.69) is 20.9 Å². The van der Waals surface area contributed by atoms with Gasteiger partial charge in [0.2, 0.25) is 0 Å². The molecule has 0 N–H and O–H groups in total. The molecule has 1 aromatic rings. The normalized spacial score (nSPS) is 11.4. The number of benzene rings is 1. The van der Waals surface area contributed by atoms with Crippen molar-refractivity contribution in [1.82, 2.24) is 4.48 Å². The summed E-state index contributed by atoms with van der Waals surface area (Å²) in [7, 11) is -1.71. The zero-order valence-electron chi connectivity index (χ0n) is 11.8. The molecule has 108 valence electrons. The third-order valence-corrected chi connectivity index (χ3v) is 3.05. The molecule has 0 aliphatic heterocycles. The fourth-order valence-electron chi connectivity index (χ4n) is 1.50. The van der Waals surface area contributed by atoms with Gasteiger partial charge in [-0.25, -0.2) is 8.42 Å². The monoisotopic (exact) mass is 287 g/mol. The zero-order valence-corrected chi connectivity index (χ0v) is 12.6. The minimum atomic E-state index is -3.92. The molecule has 6 heteroatoms. The van der Waals surface area contributed by atoms with Crippen LogP contribution in [0, 0.1) is 0 Å². The van der Waals surface area contributed by atoms with Gasteiger partial charge in [0.15, 0.2) is 0 Å². The number of quaternary nitrogens is 1. The van der Waals surface area contributed by atoms with E-state index < -0.39 is 10.1 Å². The van der Waals surface area contributed by atoms with Gasteiger partial charge in [0.05, 0.1) is 30.3 Å². The van der Waals surface area contributed by atoms with Crippen LogP contribution in [0.5, 0.6) is 0 Å². The van der Waals surface area contributed by atoms with Crippen LogP contribution in [0.25, 0.3) is 0 Å². The molecule has 0 heterocycles. The second kappa shape index (κ2) is 7.37. The molecule has 0 radical (unpaired) electrons. The van der Waals surface area contributed by atoms with E-state index in [0.717, 1.165) is 29.4 Å².